The number of hydrogen-bond acceptors (Lipinski definition) is 3. The summed E-state index contributed by atoms with van der Waals surface area (Å²) in [6.07, 6.45) is 6.03. The normalized spacial score (nSPS) is 20.9. The SMILES string of the molecule is CC1(C)CCCC(c2cc(=O)c3c(C(N)=O)nccc3[nH]2)C1. The lowest BCUT2D eigenvalue weighted by Gasteiger charge is -2.35. The number of nitrogens with one attached hydrogen (secondary N) is 1. The van der Waals surface area contributed by atoms with Crippen molar-refractivity contribution in [2.45, 2.75) is 45.4 Å². The molecule has 0 bridgehead atoms. The van der Waals surface area contributed by atoms with E-state index in [-0.39, 0.29) is 16.5 Å². The van der Waals surface area contributed by atoms with Crippen LogP contribution in [-0.2, 0) is 0 Å². The van der Waals surface area contributed by atoms with E-state index in [4.69, 9.17) is 5.73 Å². The monoisotopic (exact) mass is 299 g/mol. The Balaban J connectivity index is 2.11. The van der Waals surface area contributed by atoms with Gasteiger partial charge in [-0.3, -0.25) is 14.6 Å². The third-order valence-corrected chi connectivity index (χ3v) is 4.64. The minimum Gasteiger partial charge on any atom is -0.364 e. The molecule has 2 aromatic rings. The standard InChI is InChI=1S/C17H21N3O2/c1-17(2)6-3-4-10(9-17)12-8-13(21)14-11(20-12)5-7-19-15(14)16(18)22/h5,7-8,10H,3-4,6,9H2,1-2H3,(H2,18,22)(H,20,21). The van der Waals surface area contributed by atoms with Crippen LogP contribution in [-0.4, -0.2) is 15.9 Å². The van der Waals surface area contributed by atoms with Gasteiger partial charge in [0.2, 0.25) is 0 Å². The van der Waals surface area contributed by atoms with Crippen LogP contribution < -0.4 is 11.2 Å². The number of carbonyl (C=O) groups excluding carboxylic acids is 1. The molecule has 5 nitrogen and oxygen atoms in total. The summed E-state index contributed by atoms with van der Waals surface area (Å²) < 4.78 is 0. The van der Waals surface area contributed by atoms with Crippen molar-refractivity contribution in [3.8, 4) is 0 Å². The molecule has 2 heterocycles. The molecule has 1 atom stereocenters. The number of aromatic nitrogens is 2. The molecule has 1 aliphatic carbocycles. The number of nitrogens with zero attached hydrogens (tertiary/aromatic N) is 1. The number of carbonyl (C=O) groups is 1. The maximum Gasteiger partial charge on any atom is 0.268 e. The second kappa shape index (κ2) is 5.23. The molecule has 1 fully saturated rings. The number of aromatic amines is 1. The smallest absolute Gasteiger partial charge is 0.268 e. The lowest BCUT2D eigenvalue weighted by Crippen LogP contribution is -2.23. The van der Waals surface area contributed by atoms with E-state index >= 15 is 0 Å². The first kappa shape index (κ1) is 14.8. The highest BCUT2D eigenvalue weighted by atomic mass is 16.1. The van der Waals surface area contributed by atoms with E-state index in [0.717, 1.165) is 18.5 Å². The summed E-state index contributed by atoms with van der Waals surface area (Å²) in [6.45, 7) is 4.54. The third kappa shape index (κ3) is 2.63. The Bertz CT molecular complexity index is 792. The number of primary amides is 1. The van der Waals surface area contributed by atoms with Crippen molar-refractivity contribution in [3.05, 3.63) is 39.9 Å². The van der Waals surface area contributed by atoms with Crippen LogP contribution in [0.1, 0.15) is 61.6 Å². The van der Waals surface area contributed by atoms with Crippen LogP contribution in [0.4, 0.5) is 0 Å². The molecule has 0 aromatic carbocycles. The number of fused-ring (bicyclic) bond motifs is 1. The number of nitrogens with two attached hydrogens (primary N) is 1. The zero-order valence-corrected chi connectivity index (χ0v) is 13.0. The first-order chi connectivity index (χ1) is 10.4. The Kier molecular flexibility index (Phi) is 3.51. The second-order valence-corrected chi connectivity index (χ2v) is 6.99. The number of rotatable bonds is 2. The van der Waals surface area contributed by atoms with Gasteiger partial charge in [-0.1, -0.05) is 20.3 Å². The Hall–Kier alpha value is -2.17. The quantitative estimate of drug-likeness (QED) is 0.893. The van der Waals surface area contributed by atoms with E-state index in [1.807, 2.05) is 0 Å². The first-order valence-corrected chi connectivity index (χ1v) is 7.69. The third-order valence-electron chi connectivity index (χ3n) is 4.64. The molecular weight excluding hydrogens is 278 g/mol. The Morgan fingerprint density at radius 1 is 1.45 bits per heavy atom. The van der Waals surface area contributed by atoms with Gasteiger partial charge in [-0.05, 0) is 36.7 Å². The number of hydrogen-bond donors (Lipinski definition) is 2. The molecule has 1 amide bonds. The van der Waals surface area contributed by atoms with Gasteiger partial charge in [0.05, 0.1) is 10.9 Å². The summed E-state index contributed by atoms with van der Waals surface area (Å²) in [7, 11) is 0. The van der Waals surface area contributed by atoms with Crippen LogP contribution >= 0.6 is 0 Å². The van der Waals surface area contributed by atoms with Crippen LogP contribution in [0.25, 0.3) is 10.9 Å². The van der Waals surface area contributed by atoms with Crippen molar-refractivity contribution in [1.29, 1.82) is 0 Å². The fraction of sp³-hybridized carbons (Fsp3) is 0.471. The van der Waals surface area contributed by atoms with Gasteiger partial charge < -0.3 is 10.7 Å². The van der Waals surface area contributed by atoms with Gasteiger partial charge in [0.15, 0.2) is 5.43 Å². The van der Waals surface area contributed by atoms with Crippen molar-refractivity contribution in [2.24, 2.45) is 11.1 Å². The number of amides is 1. The largest absolute Gasteiger partial charge is 0.364 e. The summed E-state index contributed by atoms with van der Waals surface area (Å²) in [5, 5.41) is 0.286. The van der Waals surface area contributed by atoms with Crippen molar-refractivity contribution < 1.29 is 4.79 Å². The minimum atomic E-state index is -0.678. The lowest BCUT2D eigenvalue weighted by molar-refractivity contribution is 0.0997. The molecule has 5 heteroatoms. The van der Waals surface area contributed by atoms with Crippen LogP contribution in [0.3, 0.4) is 0 Å². The minimum absolute atomic E-state index is 0.0364. The van der Waals surface area contributed by atoms with E-state index in [1.54, 1.807) is 12.1 Å². The number of H-pyrrole nitrogens is 1. The zero-order valence-electron chi connectivity index (χ0n) is 13.0. The van der Waals surface area contributed by atoms with Crippen LogP contribution in [0.5, 0.6) is 0 Å². The van der Waals surface area contributed by atoms with Crippen molar-refractivity contribution in [1.82, 2.24) is 9.97 Å². The molecule has 2 aromatic heterocycles. The van der Waals surface area contributed by atoms with Crippen molar-refractivity contribution >= 4 is 16.8 Å². The Morgan fingerprint density at radius 2 is 2.23 bits per heavy atom. The van der Waals surface area contributed by atoms with Gasteiger partial charge >= 0.3 is 0 Å². The molecule has 1 saturated carbocycles. The second-order valence-electron chi connectivity index (χ2n) is 6.99. The molecule has 0 radical (unpaired) electrons. The summed E-state index contributed by atoms with van der Waals surface area (Å²) >= 11 is 0. The van der Waals surface area contributed by atoms with E-state index < -0.39 is 5.91 Å². The molecule has 0 aliphatic heterocycles. The first-order valence-electron chi connectivity index (χ1n) is 7.69. The molecule has 22 heavy (non-hydrogen) atoms. The zero-order chi connectivity index (χ0) is 15.9. The van der Waals surface area contributed by atoms with Crippen LogP contribution in [0, 0.1) is 5.41 Å². The Labute approximate surface area is 128 Å². The van der Waals surface area contributed by atoms with Gasteiger partial charge in [-0.2, -0.15) is 0 Å². The van der Waals surface area contributed by atoms with Gasteiger partial charge in [0.1, 0.15) is 5.69 Å². The average Bonchev–Trinajstić information content (AvgIpc) is 2.45. The molecule has 0 saturated heterocycles. The van der Waals surface area contributed by atoms with E-state index in [0.29, 0.717) is 16.8 Å². The molecular formula is C17H21N3O2. The predicted molar refractivity (Wildman–Crippen MR) is 85.9 cm³/mol. The maximum atomic E-state index is 12.5. The van der Waals surface area contributed by atoms with E-state index in [1.165, 1.54) is 19.0 Å². The number of pyridine rings is 2. The summed E-state index contributed by atoms with van der Waals surface area (Å²) in [5.74, 6) is -0.325. The molecule has 1 unspecified atom stereocenters. The van der Waals surface area contributed by atoms with Crippen molar-refractivity contribution in [3.63, 3.8) is 0 Å². The Morgan fingerprint density at radius 3 is 2.91 bits per heavy atom. The van der Waals surface area contributed by atoms with E-state index in [2.05, 4.69) is 23.8 Å². The highest BCUT2D eigenvalue weighted by Gasteiger charge is 2.29. The van der Waals surface area contributed by atoms with Crippen LogP contribution in [0.15, 0.2) is 23.1 Å². The van der Waals surface area contributed by atoms with Crippen molar-refractivity contribution in [2.75, 3.05) is 0 Å². The fourth-order valence-electron chi connectivity index (χ4n) is 3.59. The highest BCUT2D eigenvalue weighted by molar-refractivity contribution is 6.03. The summed E-state index contributed by atoms with van der Waals surface area (Å²) in [5.41, 5.74) is 7.04. The molecule has 116 valence electrons. The van der Waals surface area contributed by atoms with Gasteiger partial charge in [-0.25, -0.2) is 0 Å². The molecule has 3 N–H and O–H groups in total. The molecule has 1 aliphatic rings. The van der Waals surface area contributed by atoms with Gasteiger partial charge in [-0.15, -0.1) is 0 Å². The predicted octanol–water partition coefficient (Wildman–Crippen LogP) is 2.71. The highest BCUT2D eigenvalue weighted by Crippen LogP contribution is 2.42. The topological polar surface area (TPSA) is 88.8 Å². The molecule has 0 spiro atoms. The summed E-state index contributed by atoms with van der Waals surface area (Å²) in [4.78, 5) is 31.2. The fourth-order valence-corrected chi connectivity index (χ4v) is 3.59. The van der Waals surface area contributed by atoms with E-state index in [9.17, 15) is 9.59 Å². The lowest BCUT2D eigenvalue weighted by atomic mass is 9.71. The maximum absolute atomic E-state index is 12.5. The van der Waals surface area contributed by atoms with Gasteiger partial charge in [0.25, 0.3) is 5.91 Å². The average molecular weight is 299 g/mol. The van der Waals surface area contributed by atoms with Crippen LogP contribution in [0.2, 0.25) is 0 Å². The molecule has 3 rings (SSSR count). The summed E-state index contributed by atoms with van der Waals surface area (Å²) in [6, 6.07) is 3.34. The van der Waals surface area contributed by atoms with Gasteiger partial charge in [0, 0.05) is 18.0 Å².